The van der Waals surface area contributed by atoms with Gasteiger partial charge >= 0.3 is 21.2 Å². The molecule has 2 aromatic rings. The summed E-state index contributed by atoms with van der Waals surface area (Å²) in [5, 5.41) is 20.3. The van der Waals surface area contributed by atoms with Crippen LogP contribution in [0.5, 0.6) is 5.75 Å². The molecule has 0 aliphatic rings. The Morgan fingerprint density at radius 1 is 1.12 bits per heavy atom. The van der Waals surface area contributed by atoms with E-state index >= 15 is 0 Å². The van der Waals surface area contributed by atoms with E-state index in [1.165, 1.54) is 18.2 Å². The fourth-order valence-electron chi connectivity index (χ4n) is 1.28. The topological polar surface area (TPSA) is 63.4 Å². The molecule has 86 valence electrons. The van der Waals surface area contributed by atoms with Crippen molar-refractivity contribution in [2.24, 2.45) is 0 Å². The minimum atomic E-state index is -0.590. The normalized spacial score (nSPS) is 10.1. The van der Waals surface area contributed by atoms with Crippen LogP contribution in [0.25, 0.3) is 0 Å². The molecule has 0 saturated carbocycles. The van der Waals surface area contributed by atoms with Crippen molar-refractivity contribution in [2.75, 3.05) is 0 Å². The SMILES string of the molecule is O=[N+]([O-])c1ccc(O)c([I+]c2ccccc2)c1. The molecule has 0 bridgehead atoms. The third kappa shape index (κ3) is 2.94. The Morgan fingerprint density at radius 2 is 1.82 bits per heavy atom. The van der Waals surface area contributed by atoms with E-state index in [1.54, 1.807) is 0 Å². The molecule has 0 amide bonds. The van der Waals surface area contributed by atoms with E-state index in [0.29, 0.717) is 3.57 Å². The van der Waals surface area contributed by atoms with Gasteiger partial charge in [0.2, 0.25) is 3.57 Å². The van der Waals surface area contributed by atoms with Crippen LogP contribution in [0.15, 0.2) is 48.5 Å². The molecule has 5 heteroatoms. The third-order valence-corrected chi connectivity index (χ3v) is 4.87. The Labute approximate surface area is 108 Å². The molecule has 0 saturated heterocycles. The summed E-state index contributed by atoms with van der Waals surface area (Å²) in [6.45, 7) is 0. The number of aromatic hydroxyl groups is 1. The lowest BCUT2D eigenvalue weighted by molar-refractivity contribution is -0.598. The Bertz CT molecular complexity index is 543. The minimum absolute atomic E-state index is 0.0217. The van der Waals surface area contributed by atoms with Gasteiger partial charge in [0.05, 0.1) is 11.0 Å². The van der Waals surface area contributed by atoms with Crippen LogP contribution in [0.4, 0.5) is 5.69 Å². The van der Waals surface area contributed by atoms with E-state index in [2.05, 4.69) is 0 Å². The molecule has 0 atom stereocenters. The Morgan fingerprint density at radius 3 is 2.47 bits per heavy atom. The predicted molar refractivity (Wildman–Crippen MR) is 58.6 cm³/mol. The summed E-state index contributed by atoms with van der Waals surface area (Å²) in [7, 11) is 0. The highest BCUT2D eigenvalue weighted by Gasteiger charge is 2.23. The lowest BCUT2D eigenvalue weighted by Gasteiger charge is -1.93. The zero-order chi connectivity index (χ0) is 12.3. The average Bonchev–Trinajstić information content (AvgIpc) is 2.33. The van der Waals surface area contributed by atoms with E-state index < -0.39 is 26.1 Å². The van der Waals surface area contributed by atoms with Crippen LogP contribution in [0.3, 0.4) is 0 Å². The van der Waals surface area contributed by atoms with E-state index in [0.717, 1.165) is 3.57 Å². The monoisotopic (exact) mass is 342 g/mol. The van der Waals surface area contributed by atoms with Crippen LogP contribution in [0, 0.1) is 17.3 Å². The Balaban J connectivity index is 2.32. The van der Waals surface area contributed by atoms with Crippen molar-refractivity contribution in [1.82, 2.24) is 0 Å². The molecule has 0 aliphatic carbocycles. The number of phenols is 1. The first-order valence-electron chi connectivity index (χ1n) is 4.84. The van der Waals surface area contributed by atoms with Crippen molar-refractivity contribution in [1.29, 1.82) is 0 Å². The Kier molecular flexibility index (Phi) is 3.58. The second kappa shape index (κ2) is 5.13. The Hall–Kier alpha value is -1.63. The van der Waals surface area contributed by atoms with Gasteiger partial charge in [-0.15, -0.1) is 0 Å². The summed E-state index contributed by atoms with van der Waals surface area (Å²) >= 11 is -0.590. The first-order chi connectivity index (χ1) is 8.16. The molecule has 2 rings (SSSR count). The highest BCUT2D eigenvalue weighted by atomic mass is 127. The molecule has 0 aromatic heterocycles. The van der Waals surface area contributed by atoms with Gasteiger partial charge in [0.1, 0.15) is 0 Å². The summed E-state index contributed by atoms with van der Waals surface area (Å²) in [6, 6.07) is 13.8. The van der Waals surface area contributed by atoms with E-state index in [1.807, 2.05) is 30.3 Å². The van der Waals surface area contributed by atoms with Crippen molar-refractivity contribution >= 4 is 5.69 Å². The number of non-ortho nitro benzene ring substituents is 1. The van der Waals surface area contributed by atoms with Gasteiger partial charge in [-0.2, -0.15) is 0 Å². The molecule has 4 nitrogen and oxygen atoms in total. The van der Waals surface area contributed by atoms with Gasteiger partial charge in [-0.3, -0.25) is 10.1 Å². The molecule has 0 heterocycles. The van der Waals surface area contributed by atoms with Crippen LogP contribution in [-0.2, 0) is 0 Å². The van der Waals surface area contributed by atoms with Gasteiger partial charge < -0.3 is 5.11 Å². The second-order valence-electron chi connectivity index (χ2n) is 3.28. The maximum Gasteiger partial charge on any atom is 0.362 e. The van der Waals surface area contributed by atoms with Crippen molar-refractivity contribution < 1.29 is 31.2 Å². The number of rotatable bonds is 3. The molecular formula is C12H9INO3+. The highest BCUT2D eigenvalue weighted by Crippen LogP contribution is 2.15. The summed E-state index contributed by atoms with van der Waals surface area (Å²) in [4.78, 5) is 10.2. The van der Waals surface area contributed by atoms with E-state index in [9.17, 15) is 15.2 Å². The van der Waals surface area contributed by atoms with Gasteiger partial charge in [0, 0.05) is 6.07 Å². The van der Waals surface area contributed by atoms with E-state index in [4.69, 9.17) is 0 Å². The smallest absolute Gasteiger partial charge is 0.362 e. The molecule has 1 N–H and O–H groups in total. The van der Waals surface area contributed by atoms with Gasteiger partial charge in [-0.25, -0.2) is 0 Å². The van der Waals surface area contributed by atoms with E-state index in [-0.39, 0.29) is 11.4 Å². The largest absolute Gasteiger partial charge is 0.504 e. The van der Waals surface area contributed by atoms with Crippen LogP contribution in [-0.4, -0.2) is 10.0 Å². The molecule has 17 heavy (non-hydrogen) atoms. The number of halogens is 1. The summed E-state index contributed by atoms with van der Waals surface area (Å²) in [5.41, 5.74) is 0.0217. The molecule has 0 spiro atoms. The fraction of sp³-hybridized carbons (Fsp3) is 0. The third-order valence-electron chi connectivity index (χ3n) is 2.09. The number of phenolic OH excluding ortho intramolecular Hbond substituents is 1. The standard InChI is InChI=1S/C12H8INO3/c15-12-7-6-10(14(16)17)8-11(12)13-9-4-2-1-3-5-9/h1-8H/p+1. The lowest BCUT2D eigenvalue weighted by Crippen LogP contribution is -3.61. The molecule has 0 unspecified atom stereocenters. The zero-order valence-corrected chi connectivity index (χ0v) is 10.9. The summed E-state index contributed by atoms with van der Waals surface area (Å²) in [6.07, 6.45) is 0. The van der Waals surface area contributed by atoms with Crippen LogP contribution < -0.4 is 21.2 Å². The maximum atomic E-state index is 10.7. The average molecular weight is 342 g/mol. The van der Waals surface area contributed by atoms with Crippen LogP contribution in [0.1, 0.15) is 0 Å². The second-order valence-corrected chi connectivity index (χ2v) is 6.23. The number of hydrogen-bond acceptors (Lipinski definition) is 3. The zero-order valence-electron chi connectivity index (χ0n) is 8.71. The first-order valence-corrected chi connectivity index (χ1v) is 7.00. The molecular weight excluding hydrogens is 333 g/mol. The van der Waals surface area contributed by atoms with Gasteiger partial charge in [0.25, 0.3) is 5.69 Å². The molecule has 2 aromatic carbocycles. The van der Waals surface area contributed by atoms with Crippen LogP contribution >= 0.6 is 0 Å². The molecule has 0 radical (unpaired) electrons. The van der Waals surface area contributed by atoms with Gasteiger partial charge in [-0.1, -0.05) is 18.2 Å². The number of nitrogens with zero attached hydrogens (tertiary/aromatic N) is 1. The number of nitro groups is 1. The maximum absolute atomic E-state index is 10.7. The quantitative estimate of drug-likeness (QED) is 0.462. The van der Waals surface area contributed by atoms with Crippen molar-refractivity contribution in [3.8, 4) is 5.75 Å². The van der Waals surface area contributed by atoms with Crippen molar-refractivity contribution in [3.05, 3.63) is 65.8 Å². The predicted octanol–water partition coefficient (Wildman–Crippen LogP) is -0.571. The van der Waals surface area contributed by atoms with Crippen molar-refractivity contribution in [2.45, 2.75) is 0 Å². The first kappa shape index (κ1) is 11.8. The molecule has 0 fully saturated rings. The fourth-order valence-corrected chi connectivity index (χ4v) is 3.66. The van der Waals surface area contributed by atoms with Gasteiger partial charge in [-0.05, 0) is 18.2 Å². The number of benzene rings is 2. The molecule has 0 aliphatic heterocycles. The van der Waals surface area contributed by atoms with Crippen molar-refractivity contribution in [3.63, 3.8) is 0 Å². The summed E-state index contributed by atoms with van der Waals surface area (Å²) < 4.78 is 1.78. The minimum Gasteiger partial charge on any atom is -0.504 e. The number of hydrogen-bond donors (Lipinski definition) is 1. The number of nitro benzene ring substituents is 1. The lowest BCUT2D eigenvalue weighted by atomic mass is 10.3. The van der Waals surface area contributed by atoms with Gasteiger partial charge in [0.15, 0.2) is 9.32 Å². The highest BCUT2D eigenvalue weighted by molar-refractivity contribution is 5.34. The van der Waals surface area contributed by atoms with Crippen LogP contribution in [0.2, 0.25) is 0 Å². The summed E-state index contributed by atoms with van der Waals surface area (Å²) in [5.74, 6) is 0.132.